The Morgan fingerprint density at radius 1 is 1.02 bits per heavy atom. The number of nitrogens with zero attached hydrogens (tertiary/aromatic N) is 4. The summed E-state index contributed by atoms with van der Waals surface area (Å²) in [6, 6.07) is 18.2. The number of aliphatic imine (C=N–C) groups is 1. The number of amidine groups is 1. The summed E-state index contributed by atoms with van der Waals surface area (Å²) in [7, 11) is -2.45. The molecule has 0 bridgehead atoms. The summed E-state index contributed by atoms with van der Waals surface area (Å²) in [6.45, 7) is 6.04. The maximum absolute atomic E-state index is 13.9. The summed E-state index contributed by atoms with van der Waals surface area (Å²) in [5, 5.41) is 3.88. The van der Waals surface area contributed by atoms with Gasteiger partial charge in [-0.2, -0.15) is 0 Å². The van der Waals surface area contributed by atoms with Gasteiger partial charge in [0.1, 0.15) is 17.2 Å². The van der Waals surface area contributed by atoms with Gasteiger partial charge in [-0.3, -0.25) is 19.5 Å². The Hall–Kier alpha value is -4.84. The molecule has 3 aromatic carbocycles. The van der Waals surface area contributed by atoms with Gasteiger partial charge in [0, 0.05) is 31.1 Å². The minimum absolute atomic E-state index is 0.0274. The number of hydrogen-bond donors (Lipinski definition) is 1. The third-order valence-electron chi connectivity index (χ3n) is 9.95. The molecule has 0 saturated heterocycles. The van der Waals surface area contributed by atoms with Gasteiger partial charge in [-0.25, -0.2) is 17.5 Å². The second-order valence-electron chi connectivity index (χ2n) is 13.6. The SMILES string of the molecule is CCCCC1=NC2(CCCC2)C(=O)N1Cc1ccc(-c2ccccc2S(=O)(=O)Nc2onc(C)c2C)c(CN(C)C(=O)Cc2ccc(F)cc2)c1. The number of rotatable bonds is 13. The van der Waals surface area contributed by atoms with Crippen LogP contribution in [0, 0.1) is 19.7 Å². The van der Waals surface area contributed by atoms with Crippen molar-refractivity contribution in [1.29, 1.82) is 0 Å². The molecule has 2 aliphatic rings. The molecule has 0 atom stereocenters. The van der Waals surface area contributed by atoms with Gasteiger partial charge in [0.05, 0.1) is 23.6 Å². The molecule has 1 N–H and O–H groups in total. The van der Waals surface area contributed by atoms with Crippen LogP contribution in [-0.4, -0.2) is 53.6 Å². The number of nitrogens with one attached hydrogen (secondary N) is 1. The monoisotopic (exact) mass is 713 g/mol. The summed E-state index contributed by atoms with van der Waals surface area (Å²) in [6.07, 6.45) is 6.18. The molecule has 2 heterocycles. The molecule has 1 fully saturated rings. The number of likely N-dealkylation sites (N-methyl/N-ethyl adjacent to an activating group) is 1. The van der Waals surface area contributed by atoms with Crippen LogP contribution in [-0.2, 0) is 39.1 Å². The van der Waals surface area contributed by atoms with Crippen molar-refractivity contribution in [3.05, 3.63) is 100 Å². The van der Waals surface area contributed by atoms with E-state index in [2.05, 4.69) is 16.8 Å². The zero-order chi connectivity index (χ0) is 36.3. The second kappa shape index (κ2) is 14.8. The van der Waals surface area contributed by atoms with E-state index in [0.29, 0.717) is 40.1 Å². The number of sulfonamides is 1. The standard InChI is InChI=1S/C39H44FN5O5S/c1-5-6-13-35-41-39(20-9-10-21-39)38(47)45(35)24-29-16-19-32(30(22-29)25-44(4)36(46)23-28-14-17-31(40)18-15-28)33-11-7-8-12-34(33)51(48,49)43-37-26(2)27(3)42-50-37/h7-8,11-12,14-19,22,43H,5-6,9-10,13,20-21,23-25H2,1-4H3. The Bertz CT molecular complexity index is 2070. The lowest BCUT2D eigenvalue weighted by molar-refractivity contribution is -0.131. The molecule has 1 aliphatic heterocycles. The van der Waals surface area contributed by atoms with Gasteiger partial charge in [0.15, 0.2) is 0 Å². The van der Waals surface area contributed by atoms with E-state index in [0.717, 1.165) is 56.3 Å². The largest absolute Gasteiger partial charge is 0.341 e. The molecule has 12 heteroatoms. The third-order valence-corrected chi connectivity index (χ3v) is 11.3. The van der Waals surface area contributed by atoms with Crippen LogP contribution >= 0.6 is 0 Å². The lowest BCUT2D eigenvalue weighted by Gasteiger charge is -2.24. The van der Waals surface area contributed by atoms with Crippen LogP contribution in [0.3, 0.4) is 0 Å². The number of unbranched alkanes of at least 4 members (excludes halogenated alkanes) is 1. The van der Waals surface area contributed by atoms with Gasteiger partial charge < -0.3 is 9.42 Å². The number of halogens is 1. The number of hydrogen-bond acceptors (Lipinski definition) is 7. The van der Waals surface area contributed by atoms with Crippen LogP contribution < -0.4 is 4.72 Å². The van der Waals surface area contributed by atoms with E-state index in [1.807, 2.05) is 23.1 Å². The van der Waals surface area contributed by atoms with E-state index in [1.54, 1.807) is 56.1 Å². The highest BCUT2D eigenvalue weighted by Crippen LogP contribution is 2.40. The third kappa shape index (κ3) is 7.61. The van der Waals surface area contributed by atoms with Gasteiger partial charge in [0.2, 0.25) is 11.8 Å². The summed E-state index contributed by atoms with van der Waals surface area (Å²) >= 11 is 0. The number of anilines is 1. The summed E-state index contributed by atoms with van der Waals surface area (Å²) < 4.78 is 49.1. The first-order chi connectivity index (χ1) is 24.4. The number of benzene rings is 3. The fourth-order valence-corrected chi connectivity index (χ4v) is 8.16. The molecule has 1 aliphatic carbocycles. The molecule has 10 nitrogen and oxygen atoms in total. The molecule has 6 rings (SSSR count). The molecule has 1 aromatic heterocycles. The fourth-order valence-electron chi connectivity index (χ4n) is 6.89. The van der Waals surface area contributed by atoms with Crippen molar-refractivity contribution in [3.8, 4) is 11.1 Å². The van der Waals surface area contributed by atoms with Crippen molar-refractivity contribution in [2.75, 3.05) is 11.8 Å². The maximum Gasteiger partial charge on any atom is 0.264 e. The Balaban J connectivity index is 1.36. The fraction of sp³-hybridized carbons (Fsp3) is 0.385. The van der Waals surface area contributed by atoms with Crippen LogP contribution in [0.25, 0.3) is 11.1 Å². The normalized spacial score (nSPS) is 15.4. The second-order valence-corrected chi connectivity index (χ2v) is 15.3. The summed E-state index contributed by atoms with van der Waals surface area (Å²) in [5.41, 5.74) is 3.76. The number of amides is 2. The van der Waals surface area contributed by atoms with Crippen molar-refractivity contribution in [3.63, 3.8) is 0 Å². The minimum atomic E-state index is -4.14. The zero-order valence-corrected chi connectivity index (χ0v) is 30.4. The first-order valence-electron chi connectivity index (χ1n) is 17.5. The Kier molecular flexibility index (Phi) is 10.4. The average molecular weight is 714 g/mol. The highest BCUT2D eigenvalue weighted by atomic mass is 32.2. The first-order valence-corrected chi connectivity index (χ1v) is 18.9. The quantitative estimate of drug-likeness (QED) is 0.155. The van der Waals surface area contributed by atoms with Crippen molar-refractivity contribution in [2.45, 2.75) is 95.7 Å². The van der Waals surface area contributed by atoms with Crippen LogP contribution in [0.5, 0.6) is 0 Å². The van der Waals surface area contributed by atoms with Crippen LogP contribution in [0.15, 0.2) is 81.1 Å². The minimum Gasteiger partial charge on any atom is -0.341 e. The van der Waals surface area contributed by atoms with Crippen molar-refractivity contribution in [2.24, 2.45) is 4.99 Å². The summed E-state index contributed by atoms with van der Waals surface area (Å²) in [5.74, 6) is 0.338. The van der Waals surface area contributed by atoms with Crippen LogP contribution in [0.1, 0.15) is 79.8 Å². The molecule has 2 amide bonds. The number of aromatic nitrogens is 1. The Morgan fingerprint density at radius 3 is 2.41 bits per heavy atom. The van der Waals surface area contributed by atoms with Gasteiger partial charge in [-0.05, 0) is 73.6 Å². The van der Waals surface area contributed by atoms with Crippen LogP contribution in [0.4, 0.5) is 10.3 Å². The predicted octanol–water partition coefficient (Wildman–Crippen LogP) is 7.34. The number of aryl methyl sites for hydroxylation is 1. The van der Waals surface area contributed by atoms with E-state index < -0.39 is 15.6 Å². The lowest BCUT2D eigenvalue weighted by Crippen LogP contribution is -2.40. The predicted molar refractivity (Wildman–Crippen MR) is 194 cm³/mol. The van der Waals surface area contributed by atoms with Gasteiger partial charge in [-0.1, -0.05) is 79.9 Å². The molecular formula is C39H44FN5O5S. The average Bonchev–Trinajstić information content (AvgIpc) is 3.79. The van der Waals surface area contributed by atoms with Gasteiger partial charge >= 0.3 is 0 Å². The zero-order valence-electron chi connectivity index (χ0n) is 29.5. The van der Waals surface area contributed by atoms with Crippen molar-refractivity contribution >= 4 is 33.6 Å². The Labute approximate surface area is 298 Å². The first kappa shape index (κ1) is 36.0. The number of carbonyl (C=O) groups is 2. The Morgan fingerprint density at radius 2 is 1.73 bits per heavy atom. The topological polar surface area (TPSA) is 125 Å². The molecule has 268 valence electrons. The number of carbonyl (C=O) groups excluding carboxylic acids is 2. The molecule has 0 radical (unpaired) electrons. The van der Waals surface area contributed by atoms with E-state index in [9.17, 15) is 22.4 Å². The van der Waals surface area contributed by atoms with E-state index in [1.165, 1.54) is 18.2 Å². The van der Waals surface area contributed by atoms with Crippen LogP contribution in [0.2, 0.25) is 0 Å². The maximum atomic E-state index is 13.9. The molecule has 1 spiro atoms. The molecular weight excluding hydrogens is 670 g/mol. The van der Waals surface area contributed by atoms with Crippen molar-refractivity contribution in [1.82, 2.24) is 15.0 Å². The lowest BCUT2D eigenvalue weighted by atomic mass is 9.95. The smallest absolute Gasteiger partial charge is 0.264 e. The molecule has 0 unspecified atom stereocenters. The molecule has 51 heavy (non-hydrogen) atoms. The van der Waals surface area contributed by atoms with E-state index >= 15 is 0 Å². The summed E-state index contributed by atoms with van der Waals surface area (Å²) in [4.78, 5) is 35.8. The molecule has 4 aromatic rings. The van der Waals surface area contributed by atoms with Gasteiger partial charge in [-0.15, -0.1) is 0 Å². The van der Waals surface area contributed by atoms with Crippen molar-refractivity contribution < 1.29 is 26.9 Å². The molecule has 1 saturated carbocycles. The van der Waals surface area contributed by atoms with E-state index in [4.69, 9.17) is 9.52 Å². The highest BCUT2D eigenvalue weighted by Gasteiger charge is 2.49. The van der Waals surface area contributed by atoms with E-state index in [-0.39, 0.29) is 41.4 Å². The van der Waals surface area contributed by atoms with Gasteiger partial charge in [0.25, 0.3) is 15.9 Å². The highest BCUT2D eigenvalue weighted by molar-refractivity contribution is 7.92.